The average Bonchev–Trinajstić information content (AvgIpc) is 3.24. The standard InChI is InChI=1S/C24H38N2O/c1-2-17-26(16-1)18-19-27-23-9-13-24(14-10-23)11-7-21(8-12-24)5-6-22-4-3-15-25-20-22/h3-4,15,20-21,23H,1-2,5-14,16-19H2. The van der Waals surface area contributed by atoms with Gasteiger partial charge in [0, 0.05) is 18.9 Å². The van der Waals surface area contributed by atoms with Gasteiger partial charge in [-0.15, -0.1) is 0 Å². The number of pyridine rings is 1. The lowest BCUT2D eigenvalue weighted by Gasteiger charge is -2.45. The van der Waals surface area contributed by atoms with Crippen LogP contribution in [0.1, 0.15) is 76.2 Å². The Morgan fingerprint density at radius 1 is 1.04 bits per heavy atom. The number of hydrogen-bond donors (Lipinski definition) is 0. The summed E-state index contributed by atoms with van der Waals surface area (Å²) in [5.74, 6) is 0.935. The molecule has 1 spiro atoms. The number of rotatable bonds is 7. The van der Waals surface area contributed by atoms with Gasteiger partial charge in [0.05, 0.1) is 12.7 Å². The molecule has 4 rings (SSSR count). The fraction of sp³-hybridized carbons (Fsp3) is 0.792. The molecule has 3 aliphatic rings. The number of aromatic nitrogens is 1. The summed E-state index contributed by atoms with van der Waals surface area (Å²) in [5, 5.41) is 0. The zero-order chi connectivity index (χ0) is 18.4. The van der Waals surface area contributed by atoms with Crippen molar-refractivity contribution in [1.82, 2.24) is 9.88 Å². The van der Waals surface area contributed by atoms with Gasteiger partial charge in [-0.05, 0) is 113 Å². The first-order chi connectivity index (χ1) is 13.3. The van der Waals surface area contributed by atoms with E-state index in [4.69, 9.17) is 4.74 Å². The SMILES string of the molecule is c1cncc(CCC2CCC3(CC2)CCC(OCCN2CCCC2)CC3)c1. The van der Waals surface area contributed by atoms with Crippen molar-refractivity contribution in [2.75, 3.05) is 26.2 Å². The van der Waals surface area contributed by atoms with Gasteiger partial charge in [-0.1, -0.05) is 6.07 Å². The number of aryl methyl sites for hydroxylation is 1. The van der Waals surface area contributed by atoms with Gasteiger partial charge in [-0.3, -0.25) is 4.98 Å². The van der Waals surface area contributed by atoms with Crippen molar-refractivity contribution in [2.45, 2.75) is 83.2 Å². The van der Waals surface area contributed by atoms with E-state index in [9.17, 15) is 0 Å². The van der Waals surface area contributed by atoms with Gasteiger partial charge in [0.15, 0.2) is 0 Å². The van der Waals surface area contributed by atoms with Crippen LogP contribution in [-0.4, -0.2) is 42.2 Å². The van der Waals surface area contributed by atoms with Crippen molar-refractivity contribution in [3.63, 3.8) is 0 Å². The van der Waals surface area contributed by atoms with Gasteiger partial charge in [-0.25, -0.2) is 0 Å². The Morgan fingerprint density at radius 2 is 1.78 bits per heavy atom. The normalized spacial score (nSPS) is 32.1. The second-order valence-corrected chi connectivity index (χ2v) is 9.46. The molecule has 0 aromatic carbocycles. The van der Waals surface area contributed by atoms with E-state index in [0.29, 0.717) is 11.5 Å². The summed E-state index contributed by atoms with van der Waals surface area (Å²) in [6.45, 7) is 4.69. The largest absolute Gasteiger partial charge is 0.377 e. The van der Waals surface area contributed by atoms with Crippen LogP contribution in [0.5, 0.6) is 0 Å². The monoisotopic (exact) mass is 370 g/mol. The first-order valence-electron chi connectivity index (χ1n) is 11.5. The second-order valence-electron chi connectivity index (χ2n) is 9.46. The number of nitrogens with zero attached hydrogens (tertiary/aromatic N) is 2. The van der Waals surface area contributed by atoms with E-state index in [1.54, 1.807) is 0 Å². The molecule has 0 bridgehead atoms. The second kappa shape index (κ2) is 9.52. The maximum absolute atomic E-state index is 6.24. The highest BCUT2D eigenvalue weighted by molar-refractivity contribution is 5.08. The fourth-order valence-corrected chi connectivity index (χ4v) is 5.72. The molecule has 3 fully saturated rings. The number of ether oxygens (including phenoxy) is 1. The molecule has 0 unspecified atom stereocenters. The van der Waals surface area contributed by atoms with Crippen LogP contribution in [-0.2, 0) is 11.2 Å². The quantitative estimate of drug-likeness (QED) is 0.656. The highest BCUT2D eigenvalue weighted by Crippen LogP contribution is 2.49. The predicted molar refractivity (Wildman–Crippen MR) is 111 cm³/mol. The molecule has 2 aliphatic carbocycles. The highest BCUT2D eigenvalue weighted by atomic mass is 16.5. The Balaban J connectivity index is 1.12. The molecule has 2 saturated carbocycles. The summed E-state index contributed by atoms with van der Waals surface area (Å²) < 4.78 is 6.24. The van der Waals surface area contributed by atoms with Crippen LogP contribution in [0.15, 0.2) is 24.5 Å². The zero-order valence-electron chi connectivity index (χ0n) is 17.1. The van der Waals surface area contributed by atoms with Crippen LogP contribution in [0.25, 0.3) is 0 Å². The molecule has 0 N–H and O–H groups in total. The Morgan fingerprint density at radius 3 is 2.48 bits per heavy atom. The van der Waals surface area contributed by atoms with E-state index in [1.165, 1.54) is 95.7 Å². The Hall–Kier alpha value is -0.930. The lowest BCUT2D eigenvalue weighted by molar-refractivity contribution is -0.0236. The first-order valence-corrected chi connectivity index (χ1v) is 11.5. The molecule has 0 radical (unpaired) electrons. The molecule has 1 saturated heterocycles. The molecule has 1 aromatic rings. The Bertz CT molecular complexity index is 537. The van der Waals surface area contributed by atoms with E-state index in [1.807, 2.05) is 12.4 Å². The predicted octanol–water partition coefficient (Wildman–Crippen LogP) is 5.25. The Labute approximate surface area is 165 Å². The van der Waals surface area contributed by atoms with E-state index in [2.05, 4.69) is 22.0 Å². The van der Waals surface area contributed by atoms with Crippen molar-refractivity contribution < 1.29 is 4.74 Å². The van der Waals surface area contributed by atoms with E-state index < -0.39 is 0 Å². The summed E-state index contributed by atoms with van der Waals surface area (Å²) in [7, 11) is 0. The molecule has 0 amide bonds. The third-order valence-electron chi connectivity index (χ3n) is 7.68. The topological polar surface area (TPSA) is 25.4 Å². The van der Waals surface area contributed by atoms with Gasteiger partial charge in [0.1, 0.15) is 0 Å². The molecule has 1 aliphatic heterocycles. The third kappa shape index (κ3) is 5.54. The van der Waals surface area contributed by atoms with Crippen LogP contribution in [0.2, 0.25) is 0 Å². The molecular weight excluding hydrogens is 332 g/mol. The van der Waals surface area contributed by atoms with Crippen LogP contribution in [0.4, 0.5) is 0 Å². The van der Waals surface area contributed by atoms with Crippen LogP contribution in [0.3, 0.4) is 0 Å². The molecular formula is C24H38N2O. The van der Waals surface area contributed by atoms with Crippen molar-refractivity contribution >= 4 is 0 Å². The minimum Gasteiger partial charge on any atom is -0.377 e. The molecule has 3 heteroatoms. The lowest BCUT2D eigenvalue weighted by Crippen LogP contribution is -2.35. The molecule has 1 aromatic heterocycles. The summed E-state index contributed by atoms with van der Waals surface area (Å²) in [4.78, 5) is 6.82. The number of likely N-dealkylation sites (tertiary alicyclic amines) is 1. The van der Waals surface area contributed by atoms with Gasteiger partial charge in [0.25, 0.3) is 0 Å². The molecule has 0 atom stereocenters. The minimum atomic E-state index is 0.543. The first kappa shape index (κ1) is 19.4. The van der Waals surface area contributed by atoms with E-state index in [-0.39, 0.29) is 0 Å². The van der Waals surface area contributed by atoms with Gasteiger partial charge >= 0.3 is 0 Å². The molecule has 27 heavy (non-hydrogen) atoms. The van der Waals surface area contributed by atoms with E-state index in [0.717, 1.165) is 19.1 Å². The van der Waals surface area contributed by atoms with Crippen molar-refractivity contribution in [3.05, 3.63) is 30.1 Å². The summed E-state index contributed by atoms with van der Waals surface area (Å²) >= 11 is 0. The van der Waals surface area contributed by atoms with Crippen LogP contribution >= 0.6 is 0 Å². The lowest BCUT2D eigenvalue weighted by atomic mass is 9.62. The molecule has 3 nitrogen and oxygen atoms in total. The van der Waals surface area contributed by atoms with Crippen molar-refractivity contribution in [3.8, 4) is 0 Å². The fourth-order valence-electron chi connectivity index (χ4n) is 5.72. The summed E-state index contributed by atoms with van der Waals surface area (Å²) in [6.07, 6.45) is 21.0. The number of hydrogen-bond acceptors (Lipinski definition) is 3. The van der Waals surface area contributed by atoms with Crippen LogP contribution in [0, 0.1) is 11.3 Å². The zero-order valence-corrected chi connectivity index (χ0v) is 17.1. The van der Waals surface area contributed by atoms with Gasteiger partial charge in [0.2, 0.25) is 0 Å². The average molecular weight is 371 g/mol. The third-order valence-corrected chi connectivity index (χ3v) is 7.68. The smallest absolute Gasteiger partial charge is 0.0597 e. The highest BCUT2D eigenvalue weighted by Gasteiger charge is 2.38. The Kier molecular flexibility index (Phi) is 6.83. The molecule has 2 heterocycles. The van der Waals surface area contributed by atoms with E-state index >= 15 is 0 Å². The van der Waals surface area contributed by atoms with Crippen molar-refractivity contribution in [1.29, 1.82) is 0 Å². The minimum absolute atomic E-state index is 0.543. The maximum Gasteiger partial charge on any atom is 0.0597 e. The van der Waals surface area contributed by atoms with Gasteiger partial charge < -0.3 is 9.64 Å². The summed E-state index contributed by atoms with van der Waals surface area (Å²) in [6, 6.07) is 4.29. The molecule has 150 valence electrons. The summed E-state index contributed by atoms with van der Waals surface area (Å²) in [5.41, 5.74) is 2.07. The maximum atomic E-state index is 6.24. The van der Waals surface area contributed by atoms with Gasteiger partial charge in [-0.2, -0.15) is 0 Å². The van der Waals surface area contributed by atoms with Crippen LogP contribution < -0.4 is 0 Å². The van der Waals surface area contributed by atoms with Crippen molar-refractivity contribution in [2.24, 2.45) is 11.3 Å².